The van der Waals surface area contributed by atoms with E-state index in [4.69, 9.17) is 14.2 Å². The van der Waals surface area contributed by atoms with Crippen LogP contribution in [0.3, 0.4) is 0 Å². The monoisotopic (exact) mass is 293 g/mol. The normalized spacial score (nSPS) is 18.0. The molecular formula is C17H27NO3. The molecule has 1 atom stereocenters. The van der Waals surface area contributed by atoms with E-state index in [0.717, 1.165) is 43.1 Å². The summed E-state index contributed by atoms with van der Waals surface area (Å²) in [4.78, 5) is 0. The van der Waals surface area contributed by atoms with Gasteiger partial charge in [0.15, 0.2) is 0 Å². The number of ether oxygens (including phenoxy) is 3. The van der Waals surface area contributed by atoms with Gasteiger partial charge in [-0.15, -0.1) is 0 Å². The molecule has 4 nitrogen and oxygen atoms in total. The Morgan fingerprint density at radius 2 is 1.86 bits per heavy atom. The minimum atomic E-state index is 0.547. The Morgan fingerprint density at radius 3 is 2.48 bits per heavy atom. The van der Waals surface area contributed by atoms with Gasteiger partial charge in [-0.1, -0.05) is 6.92 Å². The Balaban J connectivity index is 2.15. The van der Waals surface area contributed by atoms with Crippen LogP contribution >= 0.6 is 0 Å². The molecule has 1 saturated heterocycles. The van der Waals surface area contributed by atoms with E-state index in [1.165, 1.54) is 18.4 Å². The van der Waals surface area contributed by atoms with Crippen LogP contribution in [0.25, 0.3) is 0 Å². The summed E-state index contributed by atoms with van der Waals surface area (Å²) >= 11 is 0. The molecule has 2 rings (SSSR count). The lowest BCUT2D eigenvalue weighted by atomic mass is 10.0. The van der Waals surface area contributed by atoms with Crippen molar-refractivity contribution < 1.29 is 14.2 Å². The molecular weight excluding hydrogens is 266 g/mol. The molecule has 0 bridgehead atoms. The summed E-state index contributed by atoms with van der Waals surface area (Å²) in [6.07, 6.45) is 4.49. The molecule has 1 heterocycles. The van der Waals surface area contributed by atoms with Gasteiger partial charge in [-0.25, -0.2) is 0 Å². The first kappa shape index (κ1) is 16.1. The highest BCUT2D eigenvalue weighted by Gasteiger charge is 2.18. The van der Waals surface area contributed by atoms with Gasteiger partial charge in [0, 0.05) is 18.2 Å². The molecule has 0 aliphatic carbocycles. The molecule has 1 aromatic carbocycles. The third kappa shape index (κ3) is 4.35. The van der Waals surface area contributed by atoms with Crippen LogP contribution in [0.2, 0.25) is 0 Å². The zero-order valence-electron chi connectivity index (χ0n) is 13.4. The fourth-order valence-electron chi connectivity index (χ4n) is 2.82. The molecule has 1 aromatic rings. The number of methoxy groups -OCH3 is 2. The molecule has 1 aliphatic heterocycles. The fraction of sp³-hybridized carbons (Fsp3) is 0.647. The topological polar surface area (TPSA) is 39.7 Å². The third-order valence-electron chi connectivity index (χ3n) is 3.92. The first-order valence-electron chi connectivity index (χ1n) is 7.83. The van der Waals surface area contributed by atoms with Crippen LogP contribution in [0.4, 0.5) is 0 Å². The van der Waals surface area contributed by atoms with Crippen molar-refractivity contribution in [3.8, 4) is 11.5 Å². The summed E-state index contributed by atoms with van der Waals surface area (Å²) in [7, 11) is 3.44. The van der Waals surface area contributed by atoms with Crippen LogP contribution in [0.15, 0.2) is 12.1 Å². The van der Waals surface area contributed by atoms with Crippen molar-refractivity contribution >= 4 is 0 Å². The number of hydrogen-bond donors (Lipinski definition) is 1. The van der Waals surface area contributed by atoms with Crippen LogP contribution in [-0.4, -0.2) is 33.4 Å². The van der Waals surface area contributed by atoms with Gasteiger partial charge in [-0.2, -0.15) is 0 Å². The number of rotatable bonds is 8. The van der Waals surface area contributed by atoms with Crippen molar-refractivity contribution in [1.82, 2.24) is 5.32 Å². The van der Waals surface area contributed by atoms with Crippen LogP contribution in [-0.2, 0) is 17.8 Å². The average Bonchev–Trinajstić information content (AvgIpc) is 3.01. The Bertz CT molecular complexity index is 442. The van der Waals surface area contributed by atoms with Crippen molar-refractivity contribution in [3.63, 3.8) is 0 Å². The molecule has 4 heteroatoms. The summed E-state index contributed by atoms with van der Waals surface area (Å²) in [5.41, 5.74) is 2.25. The SMILES string of the molecule is CCCOCc1cc(OC)c(C[C@H]2CCCN2)cc1OC. The Labute approximate surface area is 127 Å². The van der Waals surface area contributed by atoms with E-state index in [9.17, 15) is 0 Å². The predicted octanol–water partition coefficient (Wildman–Crippen LogP) is 2.92. The van der Waals surface area contributed by atoms with Crippen molar-refractivity contribution in [2.24, 2.45) is 0 Å². The number of hydrogen-bond acceptors (Lipinski definition) is 4. The van der Waals surface area contributed by atoms with Gasteiger partial charge in [0.2, 0.25) is 0 Å². The van der Waals surface area contributed by atoms with Gasteiger partial charge in [0.1, 0.15) is 11.5 Å². The molecule has 0 saturated carbocycles. The summed E-state index contributed by atoms with van der Waals surface area (Å²) in [5.74, 6) is 1.82. The molecule has 0 unspecified atom stereocenters. The lowest BCUT2D eigenvalue weighted by Crippen LogP contribution is -2.23. The standard InChI is InChI=1S/C17H27NO3/c1-4-8-21-12-14-11-16(19-2)13(10-17(14)20-3)9-15-6-5-7-18-15/h10-11,15,18H,4-9,12H2,1-3H3/t15-/m1/s1. The third-order valence-corrected chi connectivity index (χ3v) is 3.92. The van der Waals surface area contributed by atoms with Crippen molar-refractivity contribution in [1.29, 1.82) is 0 Å². The molecule has 21 heavy (non-hydrogen) atoms. The second-order valence-corrected chi connectivity index (χ2v) is 5.53. The van der Waals surface area contributed by atoms with Crippen molar-refractivity contribution in [2.45, 2.75) is 45.3 Å². The van der Waals surface area contributed by atoms with Crippen LogP contribution in [0.1, 0.15) is 37.3 Å². The zero-order chi connectivity index (χ0) is 15.1. The van der Waals surface area contributed by atoms with Gasteiger partial charge >= 0.3 is 0 Å². The maximum absolute atomic E-state index is 5.64. The van der Waals surface area contributed by atoms with Gasteiger partial charge in [-0.05, 0) is 49.9 Å². The maximum Gasteiger partial charge on any atom is 0.124 e. The molecule has 0 amide bonds. The fourth-order valence-corrected chi connectivity index (χ4v) is 2.82. The van der Waals surface area contributed by atoms with E-state index < -0.39 is 0 Å². The van der Waals surface area contributed by atoms with E-state index in [-0.39, 0.29) is 0 Å². The highest BCUT2D eigenvalue weighted by molar-refractivity contribution is 5.46. The van der Waals surface area contributed by atoms with E-state index in [1.54, 1.807) is 14.2 Å². The van der Waals surface area contributed by atoms with E-state index in [2.05, 4.69) is 24.4 Å². The number of nitrogens with one attached hydrogen (secondary N) is 1. The van der Waals surface area contributed by atoms with Gasteiger partial charge in [0.25, 0.3) is 0 Å². The summed E-state index contributed by atoms with van der Waals surface area (Å²) < 4.78 is 16.7. The summed E-state index contributed by atoms with van der Waals surface area (Å²) in [5, 5.41) is 3.53. The van der Waals surface area contributed by atoms with Crippen molar-refractivity contribution in [3.05, 3.63) is 23.3 Å². The minimum absolute atomic E-state index is 0.547. The molecule has 1 aliphatic rings. The Morgan fingerprint density at radius 1 is 1.14 bits per heavy atom. The lowest BCUT2D eigenvalue weighted by molar-refractivity contribution is 0.119. The van der Waals surface area contributed by atoms with E-state index >= 15 is 0 Å². The van der Waals surface area contributed by atoms with Crippen LogP contribution in [0, 0.1) is 0 Å². The van der Waals surface area contributed by atoms with Gasteiger partial charge in [0.05, 0.1) is 20.8 Å². The first-order valence-corrected chi connectivity index (χ1v) is 7.83. The zero-order valence-corrected chi connectivity index (χ0v) is 13.4. The van der Waals surface area contributed by atoms with E-state index in [1.807, 2.05) is 0 Å². The molecule has 0 radical (unpaired) electrons. The average molecular weight is 293 g/mol. The van der Waals surface area contributed by atoms with Crippen molar-refractivity contribution in [2.75, 3.05) is 27.4 Å². The number of benzene rings is 1. The van der Waals surface area contributed by atoms with E-state index in [0.29, 0.717) is 12.6 Å². The highest BCUT2D eigenvalue weighted by Crippen LogP contribution is 2.31. The Hall–Kier alpha value is -1.26. The van der Waals surface area contributed by atoms with Gasteiger partial charge in [-0.3, -0.25) is 0 Å². The molecule has 1 fully saturated rings. The second-order valence-electron chi connectivity index (χ2n) is 5.53. The molecule has 0 spiro atoms. The quantitative estimate of drug-likeness (QED) is 0.748. The summed E-state index contributed by atoms with van der Waals surface area (Å²) in [6.45, 7) is 4.55. The van der Waals surface area contributed by atoms with Gasteiger partial charge < -0.3 is 19.5 Å². The largest absolute Gasteiger partial charge is 0.496 e. The predicted molar refractivity (Wildman–Crippen MR) is 84.2 cm³/mol. The maximum atomic E-state index is 5.64. The molecule has 1 N–H and O–H groups in total. The Kier molecular flexibility index (Phi) is 6.33. The summed E-state index contributed by atoms with van der Waals surface area (Å²) in [6, 6.07) is 4.70. The minimum Gasteiger partial charge on any atom is -0.496 e. The lowest BCUT2D eigenvalue weighted by Gasteiger charge is -2.17. The smallest absolute Gasteiger partial charge is 0.124 e. The van der Waals surface area contributed by atoms with Crippen LogP contribution in [0.5, 0.6) is 11.5 Å². The first-order chi connectivity index (χ1) is 10.3. The second kappa shape index (κ2) is 8.25. The molecule has 118 valence electrons. The highest BCUT2D eigenvalue weighted by atomic mass is 16.5. The molecule has 0 aromatic heterocycles. The van der Waals surface area contributed by atoms with Crippen LogP contribution < -0.4 is 14.8 Å².